The number of carbonyl (C=O) groups excluding carboxylic acids is 1. The second-order valence-corrected chi connectivity index (χ2v) is 7.66. The van der Waals surface area contributed by atoms with E-state index >= 15 is 0 Å². The van der Waals surface area contributed by atoms with Crippen LogP contribution in [0.25, 0.3) is 0 Å². The lowest BCUT2D eigenvalue weighted by molar-refractivity contribution is -0.725. The average molecular weight is 330 g/mol. The van der Waals surface area contributed by atoms with Crippen molar-refractivity contribution in [2.24, 2.45) is 5.28 Å². The molecule has 134 valence electrons. The van der Waals surface area contributed by atoms with Crippen LogP contribution < -0.4 is 0 Å². The van der Waals surface area contributed by atoms with Crippen LogP contribution in [0.5, 0.6) is 0 Å². The van der Waals surface area contributed by atoms with Crippen LogP contribution in [0, 0.1) is 5.21 Å². The molecule has 0 radical (unpaired) electrons. The summed E-state index contributed by atoms with van der Waals surface area (Å²) in [5.74, 6) is 0. The van der Waals surface area contributed by atoms with E-state index in [1.165, 1.54) is 0 Å². The number of rotatable bonds is 4. The fraction of sp³-hybridized carbons (Fsp3) is 0.933. The van der Waals surface area contributed by atoms with E-state index in [4.69, 9.17) is 9.57 Å². The zero-order valence-electron chi connectivity index (χ0n) is 15.3. The summed E-state index contributed by atoms with van der Waals surface area (Å²) in [6.45, 7) is 14.6. The van der Waals surface area contributed by atoms with Crippen LogP contribution in [0.15, 0.2) is 5.28 Å². The Balaban J connectivity index is 2.55. The monoisotopic (exact) mass is 330 g/mol. The third kappa shape index (κ3) is 6.11. The molecule has 1 rings (SSSR count). The van der Waals surface area contributed by atoms with Crippen LogP contribution in [-0.4, -0.2) is 57.8 Å². The molecule has 0 spiro atoms. The summed E-state index contributed by atoms with van der Waals surface area (Å²) in [5.41, 5.74) is -0.873. The van der Waals surface area contributed by atoms with Crippen LogP contribution in [0.2, 0.25) is 0 Å². The van der Waals surface area contributed by atoms with Crippen LogP contribution in [0.1, 0.15) is 54.9 Å². The molecule has 1 heterocycles. The minimum atomic E-state index is -0.527. The summed E-state index contributed by atoms with van der Waals surface area (Å²) in [6.07, 6.45) is -0.0387. The smallest absolute Gasteiger partial charge is 0.410 e. The Kier molecular flexibility index (Phi) is 6.07. The molecular formula is C15H30N4O4. The van der Waals surface area contributed by atoms with Gasteiger partial charge < -0.3 is 19.7 Å². The molecule has 0 aromatic carbocycles. The quantitative estimate of drug-likeness (QED) is 0.450. The molecule has 8 nitrogen and oxygen atoms in total. The van der Waals surface area contributed by atoms with E-state index < -0.39 is 5.60 Å². The normalized spacial score (nSPS) is 19.7. The zero-order chi connectivity index (χ0) is 17.8. The molecular weight excluding hydrogens is 300 g/mol. The van der Waals surface area contributed by atoms with Gasteiger partial charge in [-0.05, 0) is 48.5 Å². The molecule has 0 aromatic rings. The van der Waals surface area contributed by atoms with Gasteiger partial charge in [-0.25, -0.2) is 4.79 Å². The van der Waals surface area contributed by atoms with Gasteiger partial charge in [0.15, 0.2) is 6.10 Å². The summed E-state index contributed by atoms with van der Waals surface area (Å²) in [6, 6.07) is 0. The lowest BCUT2D eigenvalue weighted by atomic mass is 10.1. The minimum Gasteiger partial charge on any atom is -0.569 e. The van der Waals surface area contributed by atoms with E-state index in [1.54, 1.807) is 9.91 Å². The Morgan fingerprint density at radius 2 is 1.96 bits per heavy atom. The maximum atomic E-state index is 12.0. The van der Waals surface area contributed by atoms with Crippen LogP contribution in [-0.2, 0) is 9.57 Å². The molecule has 0 unspecified atom stereocenters. The van der Waals surface area contributed by atoms with E-state index in [0.29, 0.717) is 31.0 Å². The van der Waals surface area contributed by atoms with Gasteiger partial charge in [0, 0.05) is 13.0 Å². The number of likely N-dealkylation sites (tertiary alicyclic amines) is 1. The van der Waals surface area contributed by atoms with Gasteiger partial charge in [0.2, 0.25) is 5.28 Å². The topological polar surface area (TPSA) is 80.4 Å². The van der Waals surface area contributed by atoms with E-state index in [2.05, 4.69) is 5.28 Å². The van der Waals surface area contributed by atoms with E-state index in [-0.39, 0.29) is 17.7 Å². The van der Waals surface area contributed by atoms with Gasteiger partial charge in [-0.1, -0.05) is 0 Å². The second-order valence-electron chi connectivity index (χ2n) is 7.66. The Morgan fingerprint density at radius 3 is 2.43 bits per heavy atom. The zero-order valence-corrected chi connectivity index (χ0v) is 15.3. The summed E-state index contributed by atoms with van der Waals surface area (Å²) < 4.78 is 5.32. The van der Waals surface area contributed by atoms with E-state index in [1.807, 2.05) is 48.5 Å². The number of nitrogens with zero attached hydrogens (tertiary/aromatic N) is 4. The van der Waals surface area contributed by atoms with Gasteiger partial charge in [-0.15, -0.1) is 5.01 Å². The third-order valence-electron chi connectivity index (χ3n) is 3.34. The fourth-order valence-electron chi connectivity index (χ4n) is 2.31. The van der Waals surface area contributed by atoms with Gasteiger partial charge in [-0.2, -0.15) is 0 Å². The third-order valence-corrected chi connectivity index (χ3v) is 3.34. The molecule has 1 amide bonds. The summed E-state index contributed by atoms with van der Waals surface area (Å²) >= 11 is 0. The molecule has 23 heavy (non-hydrogen) atoms. The molecule has 0 bridgehead atoms. The molecule has 1 atom stereocenters. The van der Waals surface area contributed by atoms with Crippen LogP contribution in [0.4, 0.5) is 4.79 Å². The highest BCUT2D eigenvalue weighted by molar-refractivity contribution is 5.68. The fourth-order valence-corrected chi connectivity index (χ4v) is 2.31. The first-order valence-electron chi connectivity index (χ1n) is 8.03. The van der Waals surface area contributed by atoms with Crippen molar-refractivity contribution in [3.05, 3.63) is 5.21 Å². The summed E-state index contributed by atoms with van der Waals surface area (Å²) in [4.78, 5) is 19.3. The molecule has 0 aromatic heterocycles. The van der Waals surface area contributed by atoms with Crippen molar-refractivity contribution in [3.63, 3.8) is 0 Å². The van der Waals surface area contributed by atoms with Gasteiger partial charge in [-0.3, -0.25) is 0 Å². The number of hydrazine groups is 1. The lowest BCUT2D eigenvalue weighted by Gasteiger charge is -2.29. The molecule has 0 aliphatic carbocycles. The first-order valence-corrected chi connectivity index (χ1v) is 8.03. The van der Waals surface area contributed by atoms with Crippen molar-refractivity contribution >= 4 is 6.09 Å². The van der Waals surface area contributed by atoms with Crippen molar-refractivity contribution < 1.29 is 19.3 Å². The average Bonchev–Trinajstić information content (AvgIpc) is 2.82. The van der Waals surface area contributed by atoms with Gasteiger partial charge in [0.25, 0.3) is 0 Å². The maximum Gasteiger partial charge on any atom is 0.410 e. The number of hydrogen-bond acceptors (Lipinski definition) is 5. The molecule has 0 saturated carbocycles. The predicted octanol–water partition coefficient (Wildman–Crippen LogP) is 2.93. The highest BCUT2D eigenvalue weighted by Gasteiger charge is 2.32. The molecule has 0 N–H and O–H groups in total. The molecule has 8 heteroatoms. The summed E-state index contributed by atoms with van der Waals surface area (Å²) in [5, 5.41) is 17.2. The van der Waals surface area contributed by atoms with Gasteiger partial charge >= 0.3 is 6.09 Å². The van der Waals surface area contributed by atoms with Crippen molar-refractivity contribution in [1.82, 2.24) is 9.91 Å². The first kappa shape index (κ1) is 19.3. The Morgan fingerprint density at radius 1 is 1.35 bits per heavy atom. The Bertz CT molecular complexity index is 440. The van der Waals surface area contributed by atoms with Crippen molar-refractivity contribution in [1.29, 1.82) is 0 Å². The van der Waals surface area contributed by atoms with Crippen LogP contribution in [0.3, 0.4) is 0 Å². The first-order chi connectivity index (χ1) is 10.4. The largest absolute Gasteiger partial charge is 0.569 e. The predicted molar refractivity (Wildman–Crippen MR) is 85.5 cm³/mol. The maximum absolute atomic E-state index is 12.0. The van der Waals surface area contributed by atoms with E-state index in [9.17, 15) is 10.0 Å². The number of hydrogen-bond donors (Lipinski definition) is 0. The molecule has 1 fully saturated rings. The molecule has 1 aliphatic heterocycles. The number of amides is 1. The van der Waals surface area contributed by atoms with Gasteiger partial charge in [0.05, 0.1) is 23.6 Å². The minimum absolute atomic E-state index is 0.294. The highest BCUT2D eigenvalue weighted by Crippen LogP contribution is 2.18. The Labute approximate surface area is 138 Å². The Hall–Kier alpha value is -1.73. The standard InChI is InChI=1S/C15H30N4O4/c1-8-18(14(2,3)4)19(21)16-23-12-9-10-17(11-12)13(20)22-15(5,6)7/h12H,8-11H2,1-7H3/b19-16-/t12-/m0/s1. The summed E-state index contributed by atoms with van der Waals surface area (Å²) in [7, 11) is 0. The van der Waals surface area contributed by atoms with Crippen molar-refractivity contribution in [3.8, 4) is 0 Å². The SMILES string of the molecule is CCN(/[N+]([O-])=N/O[C@H]1CCN(C(=O)OC(C)(C)C)C1)C(C)(C)C. The van der Waals surface area contributed by atoms with Crippen molar-refractivity contribution in [2.45, 2.75) is 72.1 Å². The number of carbonyl (C=O) groups is 1. The second kappa shape index (κ2) is 7.23. The molecule has 1 aliphatic rings. The van der Waals surface area contributed by atoms with E-state index in [0.717, 1.165) is 0 Å². The highest BCUT2D eigenvalue weighted by atomic mass is 16.7. The lowest BCUT2D eigenvalue weighted by Crippen LogP contribution is -2.45. The number of ether oxygens (including phenoxy) is 1. The van der Waals surface area contributed by atoms with Crippen molar-refractivity contribution in [2.75, 3.05) is 19.6 Å². The van der Waals surface area contributed by atoms with Gasteiger partial charge in [0.1, 0.15) is 5.60 Å². The molecule has 1 saturated heterocycles. The van der Waals surface area contributed by atoms with Crippen LogP contribution >= 0.6 is 0 Å².